The fourth-order valence-corrected chi connectivity index (χ4v) is 1.37. The Hall–Kier alpha value is -1.39. The fraction of sp³-hybridized carbons (Fsp3) is 0.700. The van der Waals surface area contributed by atoms with E-state index in [0.29, 0.717) is 12.5 Å². The second kappa shape index (κ2) is 4.42. The first-order chi connectivity index (χ1) is 7.29. The molecule has 1 aliphatic rings. The molecule has 1 saturated carbocycles. The molecular weight excluding hydrogens is 196 g/mol. The highest BCUT2D eigenvalue weighted by Gasteiger charge is 2.22. The predicted octanol–water partition coefficient (Wildman–Crippen LogP) is 1.59. The van der Waals surface area contributed by atoms with Gasteiger partial charge in [0.05, 0.1) is 6.61 Å². The minimum absolute atomic E-state index is 0.0302. The molecule has 1 fully saturated rings. The van der Waals surface area contributed by atoms with E-state index in [1.807, 2.05) is 0 Å². The molecule has 15 heavy (non-hydrogen) atoms. The van der Waals surface area contributed by atoms with Gasteiger partial charge in [-0.1, -0.05) is 12.8 Å². The molecular formula is C10H14N2O3. The van der Waals surface area contributed by atoms with E-state index in [1.54, 1.807) is 6.92 Å². The third-order valence-corrected chi connectivity index (χ3v) is 2.39. The first kappa shape index (κ1) is 10.1. The molecule has 0 saturated heterocycles. The Balaban J connectivity index is 1.87. The third-order valence-electron chi connectivity index (χ3n) is 2.39. The zero-order valence-corrected chi connectivity index (χ0v) is 8.73. The summed E-state index contributed by atoms with van der Waals surface area (Å²) in [6.45, 7) is 2.07. The molecule has 0 atom stereocenters. The van der Waals surface area contributed by atoms with Gasteiger partial charge in [-0.25, -0.2) is 4.79 Å². The lowest BCUT2D eigenvalue weighted by atomic mass is 10.2. The lowest BCUT2D eigenvalue weighted by Gasteiger charge is -1.93. The quantitative estimate of drug-likeness (QED) is 0.690. The molecule has 0 radical (unpaired) electrons. The minimum atomic E-state index is -0.515. The molecule has 82 valence electrons. The van der Waals surface area contributed by atoms with Crippen LogP contribution in [0, 0.1) is 5.92 Å². The number of hydrogen-bond donors (Lipinski definition) is 0. The van der Waals surface area contributed by atoms with Crippen molar-refractivity contribution in [1.29, 1.82) is 0 Å². The number of carbonyl (C=O) groups is 1. The van der Waals surface area contributed by atoms with Gasteiger partial charge in [0.15, 0.2) is 0 Å². The molecule has 0 bridgehead atoms. The number of ether oxygens (including phenoxy) is 1. The Morgan fingerprint density at radius 3 is 3.07 bits per heavy atom. The summed E-state index contributed by atoms with van der Waals surface area (Å²) in [4.78, 5) is 15.2. The molecule has 0 amide bonds. The summed E-state index contributed by atoms with van der Waals surface area (Å²) >= 11 is 0. The average molecular weight is 210 g/mol. The van der Waals surface area contributed by atoms with Gasteiger partial charge in [0.2, 0.25) is 5.89 Å². The predicted molar refractivity (Wildman–Crippen MR) is 51.3 cm³/mol. The van der Waals surface area contributed by atoms with Crippen molar-refractivity contribution in [1.82, 2.24) is 10.1 Å². The van der Waals surface area contributed by atoms with E-state index in [4.69, 9.17) is 9.26 Å². The Morgan fingerprint density at radius 2 is 2.40 bits per heavy atom. The average Bonchev–Trinajstić information content (AvgIpc) is 2.93. The van der Waals surface area contributed by atoms with Crippen LogP contribution in [0.4, 0.5) is 0 Å². The summed E-state index contributed by atoms with van der Waals surface area (Å²) in [5.41, 5.74) is 0. The van der Waals surface area contributed by atoms with Crippen molar-refractivity contribution in [2.24, 2.45) is 5.92 Å². The Morgan fingerprint density at radius 1 is 1.60 bits per heavy atom. The van der Waals surface area contributed by atoms with Crippen molar-refractivity contribution in [3.05, 3.63) is 11.7 Å². The second-order valence-electron chi connectivity index (χ2n) is 3.71. The normalized spacial score (nSPS) is 15.3. The van der Waals surface area contributed by atoms with Crippen LogP contribution in [-0.2, 0) is 11.2 Å². The molecule has 0 N–H and O–H groups in total. The van der Waals surface area contributed by atoms with Gasteiger partial charge in [0.25, 0.3) is 5.82 Å². The van der Waals surface area contributed by atoms with E-state index in [2.05, 4.69) is 10.1 Å². The van der Waals surface area contributed by atoms with Gasteiger partial charge in [-0.3, -0.25) is 0 Å². The monoisotopic (exact) mass is 210 g/mol. The topological polar surface area (TPSA) is 65.2 Å². The van der Waals surface area contributed by atoms with Crippen LogP contribution in [0.2, 0.25) is 0 Å². The second-order valence-corrected chi connectivity index (χ2v) is 3.71. The van der Waals surface area contributed by atoms with Gasteiger partial charge in [-0.05, 0) is 24.4 Å². The summed E-state index contributed by atoms with van der Waals surface area (Å²) in [5, 5.41) is 3.57. The molecule has 1 aromatic rings. The van der Waals surface area contributed by atoms with Gasteiger partial charge in [0.1, 0.15) is 0 Å². The van der Waals surface area contributed by atoms with Gasteiger partial charge >= 0.3 is 5.97 Å². The van der Waals surface area contributed by atoms with Crippen LogP contribution in [-0.4, -0.2) is 22.7 Å². The van der Waals surface area contributed by atoms with Crippen LogP contribution in [0.3, 0.4) is 0 Å². The number of hydrogen-bond acceptors (Lipinski definition) is 5. The number of aryl methyl sites for hydroxylation is 1. The lowest BCUT2D eigenvalue weighted by molar-refractivity contribution is 0.0508. The van der Waals surface area contributed by atoms with E-state index in [9.17, 15) is 4.79 Å². The van der Waals surface area contributed by atoms with Crippen molar-refractivity contribution in [2.45, 2.75) is 32.6 Å². The zero-order chi connectivity index (χ0) is 10.7. The van der Waals surface area contributed by atoms with Crippen LogP contribution in [0.5, 0.6) is 0 Å². The molecule has 1 aromatic heterocycles. The van der Waals surface area contributed by atoms with Gasteiger partial charge < -0.3 is 9.26 Å². The van der Waals surface area contributed by atoms with Crippen molar-refractivity contribution >= 4 is 5.97 Å². The first-order valence-electron chi connectivity index (χ1n) is 5.29. The van der Waals surface area contributed by atoms with Crippen LogP contribution in [0.15, 0.2) is 4.52 Å². The van der Waals surface area contributed by atoms with E-state index in [0.717, 1.165) is 18.8 Å². The van der Waals surface area contributed by atoms with Gasteiger partial charge in [-0.15, -0.1) is 0 Å². The summed E-state index contributed by atoms with van der Waals surface area (Å²) in [6.07, 6.45) is 4.44. The van der Waals surface area contributed by atoms with Crippen LogP contribution in [0.1, 0.15) is 42.7 Å². The van der Waals surface area contributed by atoms with Crippen LogP contribution < -0.4 is 0 Å². The summed E-state index contributed by atoms with van der Waals surface area (Å²) in [5.74, 6) is 0.870. The first-order valence-corrected chi connectivity index (χ1v) is 5.29. The SMILES string of the molecule is CCOC(=O)c1noc(CCC2CC2)n1. The Bertz CT molecular complexity index is 344. The lowest BCUT2D eigenvalue weighted by Crippen LogP contribution is -2.06. The molecule has 1 aliphatic carbocycles. The van der Waals surface area contributed by atoms with Gasteiger partial charge in [-0.2, -0.15) is 4.98 Å². The molecule has 0 unspecified atom stereocenters. The molecule has 5 nitrogen and oxygen atoms in total. The summed E-state index contributed by atoms with van der Waals surface area (Å²) in [6, 6.07) is 0. The smallest absolute Gasteiger partial charge is 0.379 e. The summed E-state index contributed by atoms with van der Waals surface area (Å²) < 4.78 is 9.70. The van der Waals surface area contributed by atoms with Crippen molar-refractivity contribution in [3.63, 3.8) is 0 Å². The molecule has 0 aliphatic heterocycles. The number of nitrogens with zero attached hydrogens (tertiary/aromatic N) is 2. The third kappa shape index (κ3) is 2.78. The van der Waals surface area contributed by atoms with E-state index in [1.165, 1.54) is 12.8 Å². The highest BCUT2D eigenvalue weighted by Crippen LogP contribution is 2.33. The maximum Gasteiger partial charge on any atom is 0.379 e. The van der Waals surface area contributed by atoms with Crippen molar-refractivity contribution < 1.29 is 14.1 Å². The highest BCUT2D eigenvalue weighted by molar-refractivity contribution is 5.84. The Kier molecular flexibility index (Phi) is 2.99. The van der Waals surface area contributed by atoms with E-state index < -0.39 is 5.97 Å². The number of carbonyl (C=O) groups excluding carboxylic acids is 1. The molecule has 1 heterocycles. The maximum atomic E-state index is 11.2. The number of esters is 1. The van der Waals surface area contributed by atoms with Gasteiger partial charge in [0, 0.05) is 6.42 Å². The maximum absolute atomic E-state index is 11.2. The van der Waals surface area contributed by atoms with E-state index >= 15 is 0 Å². The molecule has 2 rings (SSSR count). The number of aromatic nitrogens is 2. The Labute approximate surface area is 87.8 Å². The largest absolute Gasteiger partial charge is 0.460 e. The zero-order valence-electron chi connectivity index (χ0n) is 8.73. The fourth-order valence-electron chi connectivity index (χ4n) is 1.37. The van der Waals surface area contributed by atoms with Crippen molar-refractivity contribution in [2.75, 3.05) is 6.61 Å². The standard InChI is InChI=1S/C10H14N2O3/c1-2-14-10(13)9-11-8(15-12-9)6-5-7-3-4-7/h7H,2-6H2,1H3. The molecule has 0 aromatic carbocycles. The molecule has 5 heteroatoms. The summed E-state index contributed by atoms with van der Waals surface area (Å²) in [7, 11) is 0. The number of rotatable bonds is 5. The molecule has 0 spiro atoms. The minimum Gasteiger partial charge on any atom is -0.460 e. The van der Waals surface area contributed by atoms with Crippen LogP contribution in [0.25, 0.3) is 0 Å². The van der Waals surface area contributed by atoms with Crippen LogP contribution >= 0.6 is 0 Å². The highest BCUT2D eigenvalue weighted by atomic mass is 16.5. The van der Waals surface area contributed by atoms with Crippen molar-refractivity contribution in [3.8, 4) is 0 Å². The van der Waals surface area contributed by atoms with E-state index in [-0.39, 0.29) is 5.82 Å².